The van der Waals surface area contributed by atoms with Gasteiger partial charge in [-0.05, 0) is 25.3 Å². The summed E-state index contributed by atoms with van der Waals surface area (Å²) in [6.45, 7) is 3.05. The second kappa shape index (κ2) is 5.91. The van der Waals surface area contributed by atoms with Gasteiger partial charge in [0.15, 0.2) is 0 Å². The summed E-state index contributed by atoms with van der Waals surface area (Å²) in [5, 5.41) is 8.94. The fraction of sp³-hybridized carbons (Fsp3) is 0.571. The molecule has 1 N–H and O–H groups in total. The molecule has 0 aliphatic carbocycles. The van der Waals surface area contributed by atoms with Crippen molar-refractivity contribution in [1.29, 1.82) is 0 Å². The van der Waals surface area contributed by atoms with E-state index in [1.165, 1.54) is 0 Å². The molecular formula is C14H19NO4. The molecule has 1 amide bonds. The molecule has 0 bridgehead atoms. The van der Waals surface area contributed by atoms with Gasteiger partial charge in [0.1, 0.15) is 5.76 Å². The molecule has 2 rings (SSSR count). The molecule has 2 heterocycles. The van der Waals surface area contributed by atoms with Crippen LogP contribution in [0.3, 0.4) is 0 Å². The number of amides is 1. The highest BCUT2D eigenvalue weighted by atomic mass is 16.4. The smallest absolute Gasteiger partial charge is 0.306 e. The average molecular weight is 265 g/mol. The van der Waals surface area contributed by atoms with Crippen LogP contribution in [0, 0.1) is 5.92 Å². The van der Waals surface area contributed by atoms with Gasteiger partial charge in [-0.25, -0.2) is 0 Å². The molecule has 1 aromatic heterocycles. The van der Waals surface area contributed by atoms with E-state index in [2.05, 4.69) is 0 Å². The van der Waals surface area contributed by atoms with E-state index in [9.17, 15) is 9.59 Å². The summed E-state index contributed by atoms with van der Waals surface area (Å²) in [4.78, 5) is 25.0. The molecule has 0 radical (unpaired) electrons. The quantitative estimate of drug-likeness (QED) is 0.905. The molecule has 1 aromatic rings. The maximum Gasteiger partial charge on any atom is 0.306 e. The number of carbonyl (C=O) groups is 2. The summed E-state index contributed by atoms with van der Waals surface area (Å²) in [7, 11) is 0. The minimum absolute atomic E-state index is 0.0407. The Hall–Kier alpha value is -1.78. The zero-order chi connectivity index (χ0) is 13.8. The van der Waals surface area contributed by atoms with E-state index < -0.39 is 5.97 Å². The van der Waals surface area contributed by atoms with E-state index in [1.54, 1.807) is 17.2 Å². The van der Waals surface area contributed by atoms with Crippen molar-refractivity contribution in [3.05, 3.63) is 23.7 Å². The Morgan fingerprint density at radius 1 is 1.42 bits per heavy atom. The fourth-order valence-electron chi connectivity index (χ4n) is 2.45. The summed E-state index contributed by atoms with van der Waals surface area (Å²) >= 11 is 0. The average Bonchev–Trinajstić information content (AvgIpc) is 2.87. The maximum absolute atomic E-state index is 12.4. The van der Waals surface area contributed by atoms with Crippen LogP contribution in [0.1, 0.15) is 42.3 Å². The number of likely N-dealkylation sites (tertiary alicyclic amines) is 1. The SMILES string of the molecule is CCCc1occc1C(=O)N1CCC(C(=O)O)CC1. The van der Waals surface area contributed by atoms with Crippen molar-refractivity contribution in [2.45, 2.75) is 32.6 Å². The molecule has 1 fully saturated rings. The molecule has 0 saturated carbocycles. The number of nitrogens with zero attached hydrogens (tertiary/aromatic N) is 1. The van der Waals surface area contributed by atoms with Gasteiger partial charge in [0, 0.05) is 19.5 Å². The lowest BCUT2D eigenvalue weighted by Gasteiger charge is -2.30. The highest BCUT2D eigenvalue weighted by Gasteiger charge is 2.28. The van der Waals surface area contributed by atoms with Crippen molar-refractivity contribution in [3.8, 4) is 0 Å². The van der Waals surface area contributed by atoms with Gasteiger partial charge in [-0.1, -0.05) is 6.92 Å². The van der Waals surface area contributed by atoms with Crippen LogP contribution < -0.4 is 0 Å². The second-order valence-electron chi connectivity index (χ2n) is 4.91. The number of furan rings is 1. The summed E-state index contributed by atoms with van der Waals surface area (Å²) in [5.74, 6) is -0.389. The molecule has 1 aliphatic heterocycles. The summed E-state index contributed by atoms with van der Waals surface area (Å²) in [5.41, 5.74) is 0.621. The van der Waals surface area contributed by atoms with Crippen molar-refractivity contribution in [2.24, 2.45) is 5.92 Å². The van der Waals surface area contributed by atoms with E-state index in [4.69, 9.17) is 9.52 Å². The molecule has 0 atom stereocenters. The van der Waals surface area contributed by atoms with Crippen LogP contribution in [0.4, 0.5) is 0 Å². The predicted octanol–water partition coefficient (Wildman–Crippen LogP) is 2.17. The summed E-state index contributed by atoms with van der Waals surface area (Å²) in [6.07, 6.45) is 4.28. The lowest BCUT2D eigenvalue weighted by Crippen LogP contribution is -2.40. The molecular weight excluding hydrogens is 246 g/mol. The topological polar surface area (TPSA) is 70.8 Å². The largest absolute Gasteiger partial charge is 0.481 e. The zero-order valence-corrected chi connectivity index (χ0v) is 11.1. The van der Waals surface area contributed by atoms with Crippen LogP contribution in [-0.2, 0) is 11.2 Å². The van der Waals surface area contributed by atoms with Gasteiger partial charge in [0.2, 0.25) is 0 Å². The minimum Gasteiger partial charge on any atom is -0.481 e. The van der Waals surface area contributed by atoms with E-state index in [1.807, 2.05) is 6.92 Å². The first-order valence-electron chi connectivity index (χ1n) is 6.72. The second-order valence-corrected chi connectivity index (χ2v) is 4.91. The van der Waals surface area contributed by atoms with Gasteiger partial charge in [-0.2, -0.15) is 0 Å². The number of aryl methyl sites for hydroxylation is 1. The highest BCUT2D eigenvalue weighted by molar-refractivity contribution is 5.95. The van der Waals surface area contributed by atoms with Crippen LogP contribution in [0.25, 0.3) is 0 Å². The lowest BCUT2D eigenvalue weighted by atomic mass is 9.96. The van der Waals surface area contributed by atoms with Crippen molar-refractivity contribution in [2.75, 3.05) is 13.1 Å². The maximum atomic E-state index is 12.4. The first kappa shape index (κ1) is 13.6. The molecule has 19 heavy (non-hydrogen) atoms. The number of carboxylic acids is 1. The van der Waals surface area contributed by atoms with Gasteiger partial charge < -0.3 is 14.4 Å². The number of rotatable bonds is 4. The highest BCUT2D eigenvalue weighted by Crippen LogP contribution is 2.21. The van der Waals surface area contributed by atoms with Crippen molar-refractivity contribution in [1.82, 2.24) is 4.90 Å². The third kappa shape index (κ3) is 2.97. The molecule has 104 valence electrons. The normalized spacial score (nSPS) is 16.6. The van der Waals surface area contributed by atoms with Gasteiger partial charge in [0.25, 0.3) is 5.91 Å². The third-order valence-electron chi connectivity index (χ3n) is 3.58. The molecule has 1 aliphatic rings. The van der Waals surface area contributed by atoms with E-state index in [0.717, 1.165) is 18.6 Å². The monoisotopic (exact) mass is 265 g/mol. The molecule has 0 unspecified atom stereocenters. The molecule has 5 heteroatoms. The first-order chi connectivity index (χ1) is 9.13. The molecule has 1 saturated heterocycles. The number of aliphatic carboxylic acids is 1. The van der Waals surface area contributed by atoms with Crippen molar-refractivity contribution >= 4 is 11.9 Å². The van der Waals surface area contributed by atoms with Gasteiger partial charge >= 0.3 is 5.97 Å². The number of hydrogen-bond donors (Lipinski definition) is 1. The van der Waals surface area contributed by atoms with Gasteiger partial charge in [0.05, 0.1) is 17.7 Å². The minimum atomic E-state index is -0.762. The Balaban J connectivity index is 2.01. The van der Waals surface area contributed by atoms with Crippen LogP contribution in [-0.4, -0.2) is 35.0 Å². The molecule has 0 spiro atoms. The van der Waals surface area contributed by atoms with Crippen LogP contribution in [0.2, 0.25) is 0 Å². The Morgan fingerprint density at radius 2 is 2.11 bits per heavy atom. The Morgan fingerprint density at radius 3 is 2.68 bits per heavy atom. The molecule has 5 nitrogen and oxygen atoms in total. The number of hydrogen-bond acceptors (Lipinski definition) is 3. The van der Waals surface area contributed by atoms with Crippen LogP contribution in [0.15, 0.2) is 16.7 Å². The van der Waals surface area contributed by atoms with Gasteiger partial charge in [-0.3, -0.25) is 9.59 Å². The van der Waals surface area contributed by atoms with E-state index in [0.29, 0.717) is 31.5 Å². The lowest BCUT2D eigenvalue weighted by molar-refractivity contribution is -0.143. The van der Waals surface area contributed by atoms with Crippen molar-refractivity contribution < 1.29 is 19.1 Å². The van der Waals surface area contributed by atoms with E-state index in [-0.39, 0.29) is 11.8 Å². The van der Waals surface area contributed by atoms with Crippen LogP contribution in [0.5, 0.6) is 0 Å². The zero-order valence-electron chi connectivity index (χ0n) is 11.1. The number of piperidine rings is 1. The first-order valence-corrected chi connectivity index (χ1v) is 6.72. The van der Waals surface area contributed by atoms with Crippen molar-refractivity contribution in [3.63, 3.8) is 0 Å². The van der Waals surface area contributed by atoms with Crippen LogP contribution >= 0.6 is 0 Å². The number of carbonyl (C=O) groups excluding carboxylic acids is 1. The third-order valence-corrected chi connectivity index (χ3v) is 3.58. The Bertz CT molecular complexity index is 458. The van der Waals surface area contributed by atoms with E-state index >= 15 is 0 Å². The Kier molecular flexibility index (Phi) is 4.24. The fourth-order valence-corrected chi connectivity index (χ4v) is 2.45. The summed E-state index contributed by atoms with van der Waals surface area (Å²) in [6, 6.07) is 1.70. The predicted molar refractivity (Wildman–Crippen MR) is 69.0 cm³/mol. The summed E-state index contributed by atoms with van der Waals surface area (Å²) < 4.78 is 5.33. The van der Waals surface area contributed by atoms with Gasteiger partial charge in [-0.15, -0.1) is 0 Å². The molecule has 0 aromatic carbocycles. The Labute approximate surface area is 112 Å². The number of carboxylic acid groups (broad SMARTS) is 1. The standard InChI is InChI=1S/C14H19NO4/c1-2-3-12-11(6-9-19-12)13(16)15-7-4-10(5-8-15)14(17)18/h6,9-10H,2-5,7-8H2,1H3,(H,17,18).